The molecule has 0 saturated heterocycles. The molecule has 1 unspecified atom stereocenters. The largest absolute Gasteiger partial charge is 0.313 e. The molecule has 0 saturated carbocycles. The summed E-state index contributed by atoms with van der Waals surface area (Å²) in [6, 6.07) is 6.98. The molecular formula is C14H20N4O2S. The predicted octanol–water partition coefficient (Wildman–Crippen LogP) is 1.98. The van der Waals surface area contributed by atoms with Gasteiger partial charge in [-0.2, -0.15) is 5.10 Å². The fourth-order valence-electron chi connectivity index (χ4n) is 1.92. The van der Waals surface area contributed by atoms with Gasteiger partial charge in [0.05, 0.1) is 16.8 Å². The molecule has 6 nitrogen and oxygen atoms in total. The number of aryl methyl sites for hydroxylation is 1. The Kier molecular flexibility index (Phi) is 4.64. The summed E-state index contributed by atoms with van der Waals surface area (Å²) in [6.07, 6.45) is 3.17. The summed E-state index contributed by atoms with van der Waals surface area (Å²) < 4.78 is 29.0. The molecule has 0 radical (unpaired) electrons. The average molecular weight is 308 g/mol. The zero-order chi connectivity index (χ0) is 15.5. The number of benzene rings is 1. The van der Waals surface area contributed by atoms with Crippen molar-refractivity contribution in [1.82, 2.24) is 15.1 Å². The first-order valence-electron chi connectivity index (χ1n) is 6.78. The highest BCUT2D eigenvalue weighted by molar-refractivity contribution is 7.92. The molecule has 21 heavy (non-hydrogen) atoms. The van der Waals surface area contributed by atoms with Crippen molar-refractivity contribution < 1.29 is 8.42 Å². The van der Waals surface area contributed by atoms with Crippen LogP contribution in [0.3, 0.4) is 0 Å². The molecule has 0 spiro atoms. The van der Waals surface area contributed by atoms with E-state index >= 15 is 0 Å². The van der Waals surface area contributed by atoms with Crippen molar-refractivity contribution in [3.8, 4) is 0 Å². The summed E-state index contributed by atoms with van der Waals surface area (Å²) in [6.45, 7) is 4.61. The normalized spacial score (nSPS) is 13.1. The van der Waals surface area contributed by atoms with Gasteiger partial charge in [0.1, 0.15) is 0 Å². The number of anilines is 1. The maximum Gasteiger partial charge on any atom is 0.262 e. The zero-order valence-corrected chi connectivity index (χ0v) is 13.2. The number of hydrogen-bond acceptors (Lipinski definition) is 4. The maximum absolute atomic E-state index is 12.4. The molecular weight excluding hydrogens is 288 g/mol. The lowest BCUT2D eigenvalue weighted by atomic mass is 10.1. The zero-order valence-electron chi connectivity index (χ0n) is 12.4. The fourth-order valence-corrected chi connectivity index (χ4v) is 3.00. The summed E-state index contributed by atoms with van der Waals surface area (Å²) in [7, 11) is -1.77. The smallest absolute Gasteiger partial charge is 0.262 e. The van der Waals surface area contributed by atoms with Crippen LogP contribution in [0.1, 0.15) is 25.5 Å². The van der Waals surface area contributed by atoms with Crippen molar-refractivity contribution >= 4 is 15.7 Å². The van der Waals surface area contributed by atoms with Gasteiger partial charge < -0.3 is 5.32 Å². The third-order valence-electron chi connectivity index (χ3n) is 3.31. The Morgan fingerprint density at radius 3 is 2.76 bits per heavy atom. The minimum atomic E-state index is -3.60. The van der Waals surface area contributed by atoms with Crippen LogP contribution in [0.2, 0.25) is 0 Å². The van der Waals surface area contributed by atoms with Gasteiger partial charge in [0.25, 0.3) is 10.0 Å². The van der Waals surface area contributed by atoms with Crippen molar-refractivity contribution in [2.45, 2.75) is 31.3 Å². The number of sulfonamides is 1. The summed E-state index contributed by atoms with van der Waals surface area (Å²) in [5.74, 6) is 0. The van der Waals surface area contributed by atoms with Crippen LogP contribution >= 0.6 is 0 Å². The number of nitrogens with zero attached hydrogens (tertiary/aromatic N) is 2. The van der Waals surface area contributed by atoms with E-state index in [-0.39, 0.29) is 10.9 Å². The van der Waals surface area contributed by atoms with E-state index in [9.17, 15) is 8.42 Å². The van der Waals surface area contributed by atoms with Gasteiger partial charge in [0.2, 0.25) is 0 Å². The molecule has 2 rings (SSSR count). The SMILES string of the molecule is CCn1cc(NS(=O)(=O)c2cccc(C(C)NC)c2)cn1. The molecule has 0 aliphatic carbocycles. The van der Waals surface area contributed by atoms with E-state index in [0.717, 1.165) is 5.56 Å². The van der Waals surface area contributed by atoms with Gasteiger partial charge >= 0.3 is 0 Å². The van der Waals surface area contributed by atoms with Gasteiger partial charge in [-0.3, -0.25) is 9.40 Å². The lowest BCUT2D eigenvalue weighted by Gasteiger charge is -2.12. The Balaban J connectivity index is 2.26. The number of nitrogens with one attached hydrogen (secondary N) is 2. The van der Waals surface area contributed by atoms with Crippen molar-refractivity contribution in [1.29, 1.82) is 0 Å². The highest BCUT2D eigenvalue weighted by Crippen LogP contribution is 2.19. The van der Waals surface area contributed by atoms with E-state index in [1.54, 1.807) is 29.1 Å². The molecule has 1 aromatic heterocycles. The second kappa shape index (κ2) is 6.28. The minimum Gasteiger partial charge on any atom is -0.313 e. The van der Waals surface area contributed by atoms with Gasteiger partial charge in [-0.1, -0.05) is 12.1 Å². The Labute approximate surface area is 125 Å². The lowest BCUT2D eigenvalue weighted by molar-refractivity contribution is 0.600. The Morgan fingerprint density at radius 1 is 1.38 bits per heavy atom. The molecule has 1 aromatic carbocycles. The van der Waals surface area contributed by atoms with Gasteiger partial charge in [-0.05, 0) is 38.6 Å². The Bertz CT molecular complexity index is 709. The molecule has 114 valence electrons. The third kappa shape index (κ3) is 3.62. The van der Waals surface area contributed by atoms with Crippen LogP contribution < -0.4 is 10.0 Å². The summed E-state index contributed by atoms with van der Waals surface area (Å²) in [5.41, 5.74) is 1.38. The standard InChI is InChI=1S/C14H20N4O2S/c1-4-18-10-13(9-16-18)17-21(19,20)14-7-5-6-12(8-14)11(2)15-3/h5-11,15,17H,4H2,1-3H3. The van der Waals surface area contributed by atoms with Crippen LogP contribution in [0.4, 0.5) is 5.69 Å². The van der Waals surface area contributed by atoms with Gasteiger partial charge in [0.15, 0.2) is 0 Å². The first-order valence-corrected chi connectivity index (χ1v) is 8.27. The Hall–Kier alpha value is -1.86. The summed E-state index contributed by atoms with van der Waals surface area (Å²) in [4.78, 5) is 0.242. The average Bonchev–Trinajstić information content (AvgIpc) is 2.93. The maximum atomic E-state index is 12.4. The van der Waals surface area contributed by atoms with E-state index in [4.69, 9.17) is 0 Å². The third-order valence-corrected chi connectivity index (χ3v) is 4.69. The summed E-state index contributed by atoms with van der Waals surface area (Å²) >= 11 is 0. The van der Waals surface area contributed by atoms with E-state index in [1.165, 1.54) is 6.20 Å². The molecule has 0 fully saturated rings. The molecule has 2 N–H and O–H groups in total. The summed E-state index contributed by atoms with van der Waals surface area (Å²) in [5, 5.41) is 7.14. The van der Waals surface area contributed by atoms with Gasteiger partial charge in [-0.15, -0.1) is 0 Å². The lowest BCUT2D eigenvalue weighted by Crippen LogP contribution is -2.15. The van der Waals surface area contributed by atoms with Crippen LogP contribution in [0.25, 0.3) is 0 Å². The van der Waals surface area contributed by atoms with Crippen molar-refractivity contribution in [3.05, 3.63) is 42.2 Å². The highest BCUT2D eigenvalue weighted by atomic mass is 32.2. The molecule has 7 heteroatoms. The molecule has 0 bridgehead atoms. The molecule has 1 atom stereocenters. The van der Waals surface area contributed by atoms with E-state index in [1.807, 2.05) is 27.0 Å². The van der Waals surface area contributed by atoms with E-state index < -0.39 is 10.0 Å². The van der Waals surface area contributed by atoms with Crippen LogP contribution in [0, 0.1) is 0 Å². The molecule has 2 aromatic rings. The van der Waals surface area contributed by atoms with Crippen LogP contribution in [0.5, 0.6) is 0 Å². The van der Waals surface area contributed by atoms with Gasteiger partial charge in [-0.25, -0.2) is 8.42 Å². The molecule has 1 heterocycles. The first kappa shape index (κ1) is 15.5. The second-order valence-corrected chi connectivity index (χ2v) is 6.46. The Morgan fingerprint density at radius 2 is 2.14 bits per heavy atom. The quantitative estimate of drug-likeness (QED) is 0.855. The topological polar surface area (TPSA) is 76.0 Å². The predicted molar refractivity (Wildman–Crippen MR) is 82.6 cm³/mol. The van der Waals surface area contributed by atoms with Crippen molar-refractivity contribution in [2.75, 3.05) is 11.8 Å². The second-order valence-electron chi connectivity index (χ2n) is 4.77. The fraction of sp³-hybridized carbons (Fsp3) is 0.357. The molecule has 0 aliphatic heterocycles. The van der Waals surface area contributed by atoms with Gasteiger partial charge in [0, 0.05) is 18.8 Å². The number of rotatable bonds is 6. The van der Waals surface area contributed by atoms with Crippen molar-refractivity contribution in [2.24, 2.45) is 0 Å². The van der Waals surface area contributed by atoms with Crippen molar-refractivity contribution in [3.63, 3.8) is 0 Å². The number of aromatic nitrogens is 2. The minimum absolute atomic E-state index is 0.0861. The van der Waals surface area contributed by atoms with Crippen LogP contribution in [0.15, 0.2) is 41.6 Å². The van der Waals surface area contributed by atoms with E-state index in [2.05, 4.69) is 15.1 Å². The highest BCUT2D eigenvalue weighted by Gasteiger charge is 2.16. The first-order chi connectivity index (χ1) is 9.96. The van der Waals surface area contributed by atoms with Crippen LogP contribution in [-0.2, 0) is 16.6 Å². The molecule has 0 amide bonds. The monoisotopic (exact) mass is 308 g/mol. The van der Waals surface area contributed by atoms with Crippen LogP contribution in [-0.4, -0.2) is 25.2 Å². The molecule has 0 aliphatic rings. The number of hydrogen-bond donors (Lipinski definition) is 2. The van der Waals surface area contributed by atoms with E-state index in [0.29, 0.717) is 12.2 Å².